The average Bonchev–Trinajstić information content (AvgIpc) is 3.03. The summed E-state index contributed by atoms with van der Waals surface area (Å²) in [6.45, 7) is 6.12. The standard InChI is InChI=1S/C25H37F3O3/c1-15(29)31-17-8-11-23(2)16(14-17)4-5-18-19-6-7-21(22(30)10-13-25(26,27)28)24(19,3)12-9-20(18)23/h16-21H,4-14H2,1-3H3/t16-,17-,18-,19-,20-,21+,23-,24-/m0/s1. The van der Waals surface area contributed by atoms with Gasteiger partial charge in [-0.25, -0.2) is 0 Å². The third kappa shape index (κ3) is 4.17. The number of halogens is 3. The van der Waals surface area contributed by atoms with E-state index in [1.54, 1.807) is 0 Å². The molecule has 0 spiro atoms. The first-order chi connectivity index (χ1) is 14.4. The Morgan fingerprint density at radius 2 is 1.61 bits per heavy atom. The van der Waals surface area contributed by atoms with Crippen molar-refractivity contribution < 1.29 is 27.5 Å². The molecule has 4 aliphatic carbocycles. The van der Waals surface area contributed by atoms with E-state index in [9.17, 15) is 22.8 Å². The average molecular weight is 443 g/mol. The second kappa shape index (κ2) is 8.06. The van der Waals surface area contributed by atoms with Gasteiger partial charge in [-0.1, -0.05) is 13.8 Å². The molecule has 0 N–H and O–H groups in total. The highest BCUT2D eigenvalue weighted by Crippen LogP contribution is 2.67. The lowest BCUT2D eigenvalue weighted by molar-refractivity contribution is -0.161. The third-order valence-corrected chi connectivity index (χ3v) is 9.99. The van der Waals surface area contributed by atoms with E-state index in [4.69, 9.17) is 4.74 Å². The molecule has 31 heavy (non-hydrogen) atoms. The summed E-state index contributed by atoms with van der Waals surface area (Å²) in [6, 6.07) is 0. The summed E-state index contributed by atoms with van der Waals surface area (Å²) in [5.41, 5.74) is 0.112. The van der Waals surface area contributed by atoms with Crippen molar-refractivity contribution in [3.63, 3.8) is 0 Å². The van der Waals surface area contributed by atoms with Crippen molar-refractivity contribution in [1.29, 1.82) is 0 Å². The first-order valence-electron chi connectivity index (χ1n) is 12.2. The summed E-state index contributed by atoms with van der Waals surface area (Å²) in [4.78, 5) is 24.2. The monoisotopic (exact) mass is 442 g/mol. The topological polar surface area (TPSA) is 43.4 Å². The molecule has 4 saturated carbocycles. The molecule has 4 aliphatic rings. The summed E-state index contributed by atoms with van der Waals surface area (Å²) in [5, 5.41) is 0. The van der Waals surface area contributed by atoms with Gasteiger partial charge in [-0.15, -0.1) is 0 Å². The first kappa shape index (κ1) is 23.1. The molecule has 0 aromatic rings. The third-order valence-electron chi connectivity index (χ3n) is 9.99. The number of carbonyl (C=O) groups is 2. The lowest BCUT2D eigenvalue weighted by Crippen LogP contribution is -2.54. The van der Waals surface area contributed by atoms with Crippen LogP contribution in [0.4, 0.5) is 13.2 Å². The molecule has 0 unspecified atom stereocenters. The van der Waals surface area contributed by atoms with Crippen LogP contribution < -0.4 is 0 Å². The van der Waals surface area contributed by atoms with Crippen molar-refractivity contribution in [3.8, 4) is 0 Å². The van der Waals surface area contributed by atoms with Gasteiger partial charge in [0.25, 0.3) is 0 Å². The van der Waals surface area contributed by atoms with E-state index in [0.29, 0.717) is 23.7 Å². The smallest absolute Gasteiger partial charge is 0.389 e. The van der Waals surface area contributed by atoms with Gasteiger partial charge in [0.05, 0.1) is 6.42 Å². The normalized spacial score (nSPS) is 44.7. The molecule has 0 amide bonds. The highest BCUT2D eigenvalue weighted by atomic mass is 19.4. The van der Waals surface area contributed by atoms with Crippen LogP contribution in [0.1, 0.15) is 91.4 Å². The minimum Gasteiger partial charge on any atom is -0.463 e. The highest BCUT2D eigenvalue weighted by Gasteiger charge is 2.61. The zero-order chi connectivity index (χ0) is 22.6. The van der Waals surface area contributed by atoms with E-state index in [-0.39, 0.29) is 41.0 Å². The van der Waals surface area contributed by atoms with E-state index in [1.165, 1.54) is 6.92 Å². The summed E-state index contributed by atoms with van der Waals surface area (Å²) >= 11 is 0. The van der Waals surface area contributed by atoms with E-state index in [0.717, 1.165) is 57.8 Å². The predicted octanol–water partition coefficient (Wildman–Crippen LogP) is 6.49. The van der Waals surface area contributed by atoms with E-state index in [1.807, 2.05) is 0 Å². The number of Topliss-reactive ketones (excluding diaryl/α,β-unsaturated/α-hetero) is 1. The van der Waals surface area contributed by atoms with Crippen molar-refractivity contribution in [3.05, 3.63) is 0 Å². The Labute approximate surface area is 183 Å². The zero-order valence-corrected chi connectivity index (χ0v) is 19.1. The first-order valence-corrected chi connectivity index (χ1v) is 12.2. The number of carbonyl (C=O) groups excluding carboxylic acids is 2. The molecule has 4 rings (SSSR count). The Morgan fingerprint density at radius 1 is 0.935 bits per heavy atom. The number of fused-ring (bicyclic) bond motifs is 5. The van der Waals surface area contributed by atoms with Gasteiger partial charge in [0.15, 0.2) is 0 Å². The molecule has 3 nitrogen and oxygen atoms in total. The van der Waals surface area contributed by atoms with Crippen LogP contribution in [-0.2, 0) is 14.3 Å². The van der Waals surface area contributed by atoms with E-state index in [2.05, 4.69) is 13.8 Å². The van der Waals surface area contributed by atoms with Gasteiger partial charge >= 0.3 is 12.1 Å². The highest BCUT2D eigenvalue weighted by molar-refractivity contribution is 5.82. The molecule has 0 heterocycles. The molecule has 0 saturated heterocycles. The van der Waals surface area contributed by atoms with Crippen LogP contribution in [0, 0.1) is 40.4 Å². The van der Waals surface area contributed by atoms with Gasteiger partial charge in [-0.2, -0.15) is 13.2 Å². The molecular formula is C25H37F3O3. The number of ketones is 1. The van der Waals surface area contributed by atoms with Crippen molar-refractivity contribution in [2.75, 3.05) is 0 Å². The number of ether oxygens (including phenoxy) is 1. The number of esters is 1. The number of hydrogen-bond acceptors (Lipinski definition) is 3. The van der Waals surface area contributed by atoms with Crippen molar-refractivity contribution >= 4 is 11.8 Å². The molecule has 0 bridgehead atoms. The fourth-order valence-electron chi connectivity index (χ4n) is 8.53. The summed E-state index contributed by atoms with van der Waals surface area (Å²) < 4.78 is 43.5. The van der Waals surface area contributed by atoms with Crippen molar-refractivity contribution in [1.82, 2.24) is 0 Å². The van der Waals surface area contributed by atoms with Crippen LogP contribution in [0.25, 0.3) is 0 Å². The quantitative estimate of drug-likeness (QED) is 0.468. The Kier molecular flexibility index (Phi) is 6.00. The van der Waals surface area contributed by atoms with Crippen molar-refractivity contribution in [2.45, 2.75) is 104 Å². The molecule has 0 aromatic heterocycles. The maximum absolute atomic E-state index is 12.8. The van der Waals surface area contributed by atoms with E-state index >= 15 is 0 Å². The SMILES string of the molecule is CC(=O)O[C@H]1CC[C@@]2(C)[C@@H](CC[C@@H]3[C@@H]2CC[C@]2(C)[C@@H](C(=O)CCC(F)(F)F)CC[C@@H]32)C1. The second-order valence-electron chi connectivity index (χ2n) is 11.4. The number of alkyl halides is 3. The van der Waals surface area contributed by atoms with Gasteiger partial charge in [0, 0.05) is 19.3 Å². The summed E-state index contributed by atoms with van der Waals surface area (Å²) in [6.07, 6.45) is 3.45. The van der Waals surface area contributed by atoms with Crippen LogP contribution in [0.15, 0.2) is 0 Å². The zero-order valence-electron chi connectivity index (χ0n) is 19.1. The predicted molar refractivity (Wildman–Crippen MR) is 111 cm³/mol. The lowest BCUT2D eigenvalue weighted by atomic mass is 9.44. The van der Waals surface area contributed by atoms with E-state index < -0.39 is 12.6 Å². The fraction of sp³-hybridized carbons (Fsp3) is 0.920. The Balaban J connectivity index is 1.46. The van der Waals surface area contributed by atoms with Gasteiger partial charge in [-0.05, 0) is 92.3 Å². The molecule has 6 heteroatoms. The molecule has 0 aromatic carbocycles. The molecular weight excluding hydrogens is 405 g/mol. The molecule has 0 aliphatic heterocycles. The summed E-state index contributed by atoms with van der Waals surface area (Å²) in [7, 11) is 0. The lowest BCUT2D eigenvalue weighted by Gasteiger charge is -2.61. The fourth-order valence-corrected chi connectivity index (χ4v) is 8.53. The minimum absolute atomic E-state index is 0.0445. The maximum atomic E-state index is 12.8. The minimum atomic E-state index is -4.26. The van der Waals surface area contributed by atoms with Crippen LogP contribution in [0.2, 0.25) is 0 Å². The van der Waals surface area contributed by atoms with Gasteiger partial charge in [0.2, 0.25) is 0 Å². The van der Waals surface area contributed by atoms with Gasteiger partial charge < -0.3 is 4.74 Å². The molecule has 0 radical (unpaired) electrons. The number of rotatable bonds is 4. The van der Waals surface area contributed by atoms with Crippen LogP contribution in [0.5, 0.6) is 0 Å². The molecule has 176 valence electrons. The Hall–Kier alpha value is -1.07. The second-order valence-corrected chi connectivity index (χ2v) is 11.4. The molecule has 4 fully saturated rings. The maximum Gasteiger partial charge on any atom is 0.389 e. The van der Waals surface area contributed by atoms with Crippen LogP contribution in [-0.4, -0.2) is 24.0 Å². The van der Waals surface area contributed by atoms with Crippen LogP contribution in [0.3, 0.4) is 0 Å². The number of hydrogen-bond donors (Lipinski definition) is 0. The van der Waals surface area contributed by atoms with Gasteiger partial charge in [-0.3, -0.25) is 9.59 Å². The van der Waals surface area contributed by atoms with Gasteiger partial charge in [0.1, 0.15) is 11.9 Å². The van der Waals surface area contributed by atoms with Crippen LogP contribution >= 0.6 is 0 Å². The van der Waals surface area contributed by atoms with Crippen molar-refractivity contribution in [2.24, 2.45) is 40.4 Å². The Bertz CT molecular complexity index is 719. The Morgan fingerprint density at radius 3 is 2.29 bits per heavy atom. The molecule has 8 atom stereocenters. The largest absolute Gasteiger partial charge is 0.463 e. The summed E-state index contributed by atoms with van der Waals surface area (Å²) in [5.74, 6) is 1.66.